The van der Waals surface area contributed by atoms with Gasteiger partial charge < -0.3 is 10.2 Å². The predicted octanol–water partition coefficient (Wildman–Crippen LogP) is 3.09. The molecule has 6 nitrogen and oxygen atoms in total. The molecule has 0 bridgehead atoms. The highest BCUT2D eigenvalue weighted by Gasteiger charge is 2.34. The second-order valence-corrected chi connectivity index (χ2v) is 9.20. The van der Waals surface area contributed by atoms with Gasteiger partial charge in [0, 0.05) is 18.3 Å². The minimum atomic E-state index is -3.04. The van der Waals surface area contributed by atoms with E-state index in [-0.39, 0.29) is 23.5 Å². The van der Waals surface area contributed by atoms with Crippen molar-refractivity contribution in [1.82, 2.24) is 9.88 Å². The maximum absolute atomic E-state index is 12.8. The molecule has 144 valence electrons. The number of aromatic nitrogens is 1. The second-order valence-electron chi connectivity index (χ2n) is 6.97. The predicted molar refractivity (Wildman–Crippen MR) is 107 cm³/mol. The molecule has 3 rings (SSSR count). The first-order valence-electron chi connectivity index (χ1n) is 9.11. The summed E-state index contributed by atoms with van der Waals surface area (Å²) in [6.07, 6.45) is 2.13. The summed E-state index contributed by atoms with van der Waals surface area (Å²) in [5.74, 6) is -0.0371. The Labute approximate surface area is 160 Å². The molecule has 1 saturated heterocycles. The number of nitrogens with zero attached hydrogens (tertiary/aromatic N) is 2. The van der Waals surface area contributed by atoms with E-state index in [0.717, 1.165) is 22.5 Å². The summed E-state index contributed by atoms with van der Waals surface area (Å²) in [5.41, 5.74) is 4.43. The molecular weight excluding hydrogens is 362 g/mol. The summed E-state index contributed by atoms with van der Waals surface area (Å²) < 4.78 is 23.5. The Hall–Kier alpha value is -2.41. The van der Waals surface area contributed by atoms with Gasteiger partial charge in [-0.2, -0.15) is 0 Å². The van der Waals surface area contributed by atoms with Crippen molar-refractivity contribution in [3.05, 3.63) is 53.3 Å². The van der Waals surface area contributed by atoms with Crippen LogP contribution in [-0.4, -0.2) is 48.3 Å². The lowest BCUT2D eigenvalue weighted by Gasteiger charge is -2.26. The Morgan fingerprint density at radius 2 is 1.93 bits per heavy atom. The van der Waals surface area contributed by atoms with Crippen LogP contribution >= 0.6 is 0 Å². The zero-order chi connectivity index (χ0) is 19.6. The van der Waals surface area contributed by atoms with Crippen molar-refractivity contribution in [2.75, 3.05) is 23.4 Å². The third-order valence-corrected chi connectivity index (χ3v) is 6.73. The second kappa shape index (κ2) is 7.68. The molecule has 27 heavy (non-hydrogen) atoms. The number of hydrogen-bond acceptors (Lipinski definition) is 5. The molecule has 1 fully saturated rings. The van der Waals surface area contributed by atoms with Crippen LogP contribution in [0.5, 0.6) is 0 Å². The Morgan fingerprint density at radius 3 is 2.44 bits per heavy atom. The average Bonchev–Trinajstić information content (AvgIpc) is 2.99. The fourth-order valence-corrected chi connectivity index (χ4v) is 5.22. The SMILES string of the molecule is CCN(C(=O)c1ccc(Nc2c(C)cccc2C)cn1)C1CCS(=O)(=O)C1. The van der Waals surface area contributed by atoms with Crippen LogP contribution in [0.2, 0.25) is 0 Å². The zero-order valence-electron chi connectivity index (χ0n) is 15.9. The van der Waals surface area contributed by atoms with Crippen molar-refractivity contribution in [2.24, 2.45) is 0 Å². The van der Waals surface area contributed by atoms with Crippen LogP contribution in [0.3, 0.4) is 0 Å². The Balaban J connectivity index is 1.75. The number of sulfone groups is 1. The van der Waals surface area contributed by atoms with Gasteiger partial charge in [0.05, 0.1) is 23.4 Å². The van der Waals surface area contributed by atoms with E-state index in [4.69, 9.17) is 0 Å². The van der Waals surface area contributed by atoms with E-state index in [0.29, 0.717) is 18.7 Å². The number of hydrogen-bond donors (Lipinski definition) is 1. The molecule has 0 aliphatic carbocycles. The quantitative estimate of drug-likeness (QED) is 0.853. The smallest absolute Gasteiger partial charge is 0.272 e. The van der Waals surface area contributed by atoms with E-state index in [1.54, 1.807) is 17.2 Å². The van der Waals surface area contributed by atoms with E-state index in [1.807, 2.05) is 45.0 Å². The van der Waals surface area contributed by atoms with E-state index >= 15 is 0 Å². The Bertz CT molecular complexity index is 919. The van der Waals surface area contributed by atoms with Gasteiger partial charge >= 0.3 is 0 Å². The van der Waals surface area contributed by atoms with Crippen LogP contribution < -0.4 is 5.32 Å². The number of benzene rings is 1. The lowest BCUT2D eigenvalue weighted by molar-refractivity contribution is 0.0702. The lowest BCUT2D eigenvalue weighted by atomic mass is 10.1. The summed E-state index contributed by atoms with van der Waals surface area (Å²) >= 11 is 0. The minimum Gasteiger partial charge on any atom is -0.354 e. The Morgan fingerprint density at radius 1 is 1.22 bits per heavy atom. The van der Waals surface area contributed by atoms with Gasteiger partial charge in [-0.15, -0.1) is 0 Å². The van der Waals surface area contributed by atoms with Crippen LogP contribution in [0.15, 0.2) is 36.5 Å². The largest absolute Gasteiger partial charge is 0.354 e. The number of pyridine rings is 1. The van der Waals surface area contributed by atoms with Gasteiger partial charge in [-0.25, -0.2) is 13.4 Å². The van der Waals surface area contributed by atoms with Crippen molar-refractivity contribution < 1.29 is 13.2 Å². The van der Waals surface area contributed by atoms with E-state index in [9.17, 15) is 13.2 Å². The van der Waals surface area contributed by atoms with Crippen LogP contribution in [0.4, 0.5) is 11.4 Å². The molecule has 2 aromatic rings. The highest BCUT2D eigenvalue weighted by molar-refractivity contribution is 7.91. The van der Waals surface area contributed by atoms with Crippen LogP contribution in [0.25, 0.3) is 0 Å². The van der Waals surface area contributed by atoms with Gasteiger partial charge in [-0.3, -0.25) is 4.79 Å². The highest BCUT2D eigenvalue weighted by atomic mass is 32.2. The van der Waals surface area contributed by atoms with Crippen LogP contribution in [0, 0.1) is 13.8 Å². The maximum Gasteiger partial charge on any atom is 0.272 e. The van der Waals surface area contributed by atoms with Crippen molar-refractivity contribution in [1.29, 1.82) is 0 Å². The Kier molecular flexibility index (Phi) is 5.51. The lowest BCUT2D eigenvalue weighted by Crippen LogP contribution is -2.41. The molecule has 1 atom stereocenters. The van der Waals surface area contributed by atoms with Gasteiger partial charge in [0.15, 0.2) is 9.84 Å². The van der Waals surface area contributed by atoms with Crippen molar-refractivity contribution >= 4 is 27.1 Å². The van der Waals surface area contributed by atoms with Gasteiger partial charge in [-0.1, -0.05) is 18.2 Å². The van der Waals surface area contributed by atoms with Gasteiger partial charge in [0.1, 0.15) is 5.69 Å². The van der Waals surface area contributed by atoms with E-state index in [2.05, 4.69) is 10.3 Å². The van der Waals surface area contributed by atoms with Crippen LogP contribution in [-0.2, 0) is 9.84 Å². The number of carbonyl (C=O) groups is 1. The van der Waals surface area contributed by atoms with Gasteiger partial charge in [-0.05, 0) is 50.5 Å². The number of carbonyl (C=O) groups excluding carboxylic acids is 1. The molecule has 1 amide bonds. The van der Waals surface area contributed by atoms with Crippen LogP contribution in [0.1, 0.15) is 35.0 Å². The summed E-state index contributed by atoms with van der Waals surface area (Å²) in [6, 6.07) is 9.33. The zero-order valence-corrected chi connectivity index (χ0v) is 16.7. The number of aryl methyl sites for hydroxylation is 2. The molecule has 0 radical (unpaired) electrons. The number of nitrogens with one attached hydrogen (secondary N) is 1. The first kappa shape index (κ1) is 19.4. The molecule has 7 heteroatoms. The highest BCUT2D eigenvalue weighted by Crippen LogP contribution is 2.24. The molecule has 0 spiro atoms. The number of anilines is 2. The topological polar surface area (TPSA) is 79.4 Å². The number of amides is 1. The summed E-state index contributed by atoms with van der Waals surface area (Å²) in [5, 5.41) is 3.35. The molecule has 1 unspecified atom stereocenters. The normalized spacial score (nSPS) is 18.3. The fraction of sp³-hybridized carbons (Fsp3) is 0.400. The monoisotopic (exact) mass is 387 g/mol. The van der Waals surface area contributed by atoms with Gasteiger partial charge in [0.2, 0.25) is 0 Å². The van der Waals surface area contributed by atoms with Crippen molar-refractivity contribution in [3.63, 3.8) is 0 Å². The molecule has 2 heterocycles. The molecule has 0 saturated carbocycles. The minimum absolute atomic E-state index is 0.0405. The van der Waals surface area contributed by atoms with E-state index in [1.165, 1.54) is 0 Å². The van der Waals surface area contributed by atoms with Crippen molar-refractivity contribution in [3.8, 4) is 0 Å². The maximum atomic E-state index is 12.8. The standard InChI is InChI=1S/C20H25N3O3S/c1-4-23(17-10-11-27(25,26)13-17)20(24)18-9-8-16(12-21-18)22-19-14(2)6-5-7-15(19)3/h5-9,12,17,22H,4,10-11,13H2,1-3H3. The third kappa shape index (κ3) is 4.30. The fourth-order valence-electron chi connectivity index (χ4n) is 3.49. The molecule has 1 aromatic carbocycles. The summed E-state index contributed by atoms with van der Waals surface area (Å²) in [7, 11) is -3.04. The molecular formula is C20H25N3O3S. The average molecular weight is 388 g/mol. The molecule has 1 aliphatic rings. The summed E-state index contributed by atoms with van der Waals surface area (Å²) in [6.45, 7) is 6.40. The van der Waals surface area contributed by atoms with Gasteiger partial charge in [0.25, 0.3) is 5.91 Å². The molecule has 1 N–H and O–H groups in total. The first-order chi connectivity index (χ1) is 12.8. The first-order valence-corrected chi connectivity index (χ1v) is 10.9. The number of rotatable bonds is 5. The molecule has 1 aromatic heterocycles. The third-order valence-electron chi connectivity index (χ3n) is 4.98. The number of para-hydroxylation sites is 1. The van der Waals surface area contributed by atoms with E-state index < -0.39 is 9.84 Å². The molecule has 1 aliphatic heterocycles. The summed E-state index contributed by atoms with van der Waals surface area (Å²) in [4.78, 5) is 18.7. The van der Waals surface area contributed by atoms with Crippen molar-refractivity contribution in [2.45, 2.75) is 33.2 Å².